The number of carbonyl (C=O) groups is 1. The molecule has 1 rings (SSSR count). The van der Waals surface area contributed by atoms with Crippen LogP contribution in [0.5, 0.6) is 5.75 Å². The summed E-state index contributed by atoms with van der Waals surface area (Å²) >= 11 is 0. The zero-order chi connectivity index (χ0) is 15.0. The largest absolute Gasteiger partial charge is 0.493 e. The third-order valence-electron chi connectivity index (χ3n) is 3.27. The number of carbonyl (C=O) groups excluding carboxylic acids is 1. The van der Waals surface area contributed by atoms with Crippen LogP contribution in [-0.4, -0.2) is 39.4 Å². The number of benzene rings is 1. The molecule has 1 unspecified atom stereocenters. The second-order valence-corrected chi connectivity index (χ2v) is 4.75. The molecular weight excluding hydrogens is 258 g/mol. The standard InChI is InChI=1S/C15H23NO4/c1-15(16-2,14(17)19-4)8-9-20-13-7-5-6-12(10-13)11-18-3/h5-7,10,16H,8-9,11H2,1-4H3. The Bertz CT molecular complexity index is 436. The zero-order valence-corrected chi connectivity index (χ0v) is 12.6. The Morgan fingerprint density at radius 3 is 2.70 bits per heavy atom. The summed E-state index contributed by atoms with van der Waals surface area (Å²) in [4.78, 5) is 11.7. The van der Waals surface area contributed by atoms with Gasteiger partial charge in [0.2, 0.25) is 0 Å². The summed E-state index contributed by atoms with van der Waals surface area (Å²) in [6, 6.07) is 7.70. The summed E-state index contributed by atoms with van der Waals surface area (Å²) < 4.78 is 15.5. The van der Waals surface area contributed by atoms with E-state index in [1.54, 1.807) is 21.1 Å². The summed E-state index contributed by atoms with van der Waals surface area (Å²) in [6.07, 6.45) is 0.519. The van der Waals surface area contributed by atoms with Crippen molar-refractivity contribution in [3.05, 3.63) is 29.8 Å². The van der Waals surface area contributed by atoms with Gasteiger partial charge in [-0.15, -0.1) is 0 Å². The molecule has 0 spiro atoms. The SMILES string of the molecule is CNC(C)(CCOc1cccc(COC)c1)C(=O)OC. The van der Waals surface area contributed by atoms with E-state index in [1.165, 1.54) is 7.11 Å². The van der Waals surface area contributed by atoms with Crippen molar-refractivity contribution in [2.75, 3.05) is 27.9 Å². The molecule has 1 N–H and O–H groups in total. The van der Waals surface area contributed by atoms with E-state index < -0.39 is 5.54 Å². The van der Waals surface area contributed by atoms with Crippen LogP contribution >= 0.6 is 0 Å². The zero-order valence-electron chi connectivity index (χ0n) is 12.6. The van der Waals surface area contributed by atoms with Gasteiger partial charge in [-0.1, -0.05) is 12.1 Å². The molecule has 0 aromatic heterocycles. The molecule has 20 heavy (non-hydrogen) atoms. The van der Waals surface area contributed by atoms with E-state index in [0.29, 0.717) is 19.6 Å². The highest BCUT2D eigenvalue weighted by molar-refractivity contribution is 5.80. The molecule has 0 aliphatic heterocycles. The maximum Gasteiger partial charge on any atom is 0.325 e. The third-order valence-corrected chi connectivity index (χ3v) is 3.27. The summed E-state index contributed by atoms with van der Waals surface area (Å²) in [6.45, 7) is 2.76. The Morgan fingerprint density at radius 2 is 2.10 bits per heavy atom. The lowest BCUT2D eigenvalue weighted by molar-refractivity contribution is -0.148. The first kappa shape index (κ1) is 16.5. The number of likely N-dealkylation sites (N-methyl/N-ethyl adjacent to an activating group) is 1. The van der Waals surface area contributed by atoms with Crippen molar-refractivity contribution in [1.29, 1.82) is 0 Å². The maximum absolute atomic E-state index is 11.7. The number of ether oxygens (including phenoxy) is 3. The van der Waals surface area contributed by atoms with Gasteiger partial charge in [0.25, 0.3) is 0 Å². The van der Waals surface area contributed by atoms with Gasteiger partial charge in [0, 0.05) is 13.5 Å². The van der Waals surface area contributed by atoms with Crippen molar-refractivity contribution in [2.24, 2.45) is 0 Å². The number of hydrogen-bond acceptors (Lipinski definition) is 5. The second kappa shape index (κ2) is 7.87. The summed E-state index contributed by atoms with van der Waals surface area (Å²) in [5.74, 6) is 0.472. The highest BCUT2D eigenvalue weighted by Gasteiger charge is 2.32. The van der Waals surface area contributed by atoms with Crippen LogP contribution in [0.2, 0.25) is 0 Å². The summed E-state index contributed by atoms with van der Waals surface area (Å²) in [5.41, 5.74) is 0.313. The fourth-order valence-electron chi connectivity index (χ4n) is 1.82. The Labute approximate surface area is 120 Å². The van der Waals surface area contributed by atoms with Gasteiger partial charge in [-0.05, 0) is 31.7 Å². The fourth-order valence-corrected chi connectivity index (χ4v) is 1.82. The van der Waals surface area contributed by atoms with Crippen LogP contribution in [0.15, 0.2) is 24.3 Å². The van der Waals surface area contributed by atoms with E-state index in [9.17, 15) is 4.79 Å². The molecule has 0 saturated heterocycles. The van der Waals surface area contributed by atoms with Gasteiger partial charge in [-0.25, -0.2) is 0 Å². The van der Waals surface area contributed by atoms with Crippen LogP contribution in [0, 0.1) is 0 Å². The van der Waals surface area contributed by atoms with Crippen LogP contribution in [0.25, 0.3) is 0 Å². The average molecular weight is 281 g/mol. The lowest BCUT2D eigenvalue weighted by Gasteiger charge is -2.25. The average Bonchev–Trinajstić information content (AvgIpc) is 2.47. The molecule has 1 aromatic carbocycles. The number of rotatable bonds is 8. The topological polar surface area (TPSA) is 56.8 Å². The molecule has 0 aliphatic rings. The van der Waals surface area contributed by atoms with Crippen molar-refractivity contribution >= 4 is 5.97 Å². The first-order chi connectivity index (χ1) is 9.55. The Kier molecular flexibility index (Phi) is 6.48. The molecular formula is C15H23NO4. The number of nitrogens with one attached hydrogen (secondary N) is 1. The molecule has 112 valence electrons. The van der Waals surface area contributed by atoms with Gasteiger partial charge in [-0.2, -0.15) is 0 Å². The highest BCUT2D eigenvalue weighted by Crippen LogP contribution is 2.16. The molecule has 5 nitrogen and oxygen atoms in total. The van der Waals surface area contributed by atoms with Gasteiger partial charge < -0.3 is 19.5 Å². The van der Waals surface area contributed by atoms with Gasteiger partial charge in [-0.3, -0.25) is 4.79 Å². The fraction of sp³-hybridized carbons (Fsp3) is 0.533. The number of methoxy groups -OCH3 is 2. The van der Waals surface area contributed by atoms with Crippen molar-refractivity contribution in [3.63, 3.8) is 0 Å². The predicted octanol–water partition coefficient (Wildman–Crippen LogP) is 1.75. The number of esters is 1. The summed E-state index contributed by atoms with van der Waals surface area (Å²) in [5, 5.41) is 2.97. The van der Waals surface area contributed by atoms with Crippen LogP contribution in [-0.2, 0) is 20.9 Å². The minimum Gasteiger partial charge on any atom is -0.493 e. The Morgan fingerprint density at radius 1 is 1.35 bits per heavy atom. The van der Waals surface area contributed by atoms with E-state index in [0.717, 1.165) is 11.3 Å². The van der Waals surface area contributed by atoms with E-state index in [4.69, 9.17) is 14.2 Å². The van der Waals surface area contributed by atoms with E-state index in [1.807, 2.05) is 24.3 Å². The van der Waals surface area contributed by atoms with E-state index in [-0.39, 0.29) is 5.97 Å². The normalized spacial score (nSPS) is 13.6. The maximum atomic E-state index is 11.7. The highest BCUT2D eigenvalue weighted by atomic mass is 16.5. The Hall–Kier alpha value is -1.59. The smallest absolute Gasteiger partial charge is 0.325 e. The van der Waals surface area contributed by atoms with Crippen molar-refractivity contribution in [1.82, 2.24) is 5.32 Å². The van der Waals surface area contributed by atoms with Gasteiger partial charge in [0.1, 0.15) is 11.3 Å². The first-order valence-electron chi connectivity index (χ1n) is 6.53. The molecule has 5 heteroatoms. The van der Waals surface area contributed by atoms with E-state index in [2.05, 4.69) is 5.32 Å². The second-order valence-electron chi connectivity index (χ2n) is 4.75. The lowest BCUT2D eigenvalue weighted by atomic mass is 9.99. The quantitative estimate of drug-likeness (QED) is 0.736. The van der Waals surface area contributed by atoms with E-state index >= 15 is 0 Å². The molecule has 0 bridgehead atoms. The van der Waals surface area contributed by atoms with Crippen LogP contribution in [0.1, 0.15) is 18.9 Å². The van der Waals surface area contributed by atoms with Crippen molar-refractivity contribution in [3.8, 4) is 5.75 Å². The minimum atomic E-state index is -0.737. The molecule has 1 atom stereocenters. The lowest BCUT2D eigenvalue weighted by Crippen LogP contribution is -2.49. The monoisotopic (exact) mass is 281 g/mol. The van der Waals surface area contributed by atoms with Crippen LogP contribution < -0.4 is 10.1 Å². The molecule has 1 aromatic rings. The third kappa shape index (κ3) is 4.51. The molecule has 0 aliphatic carbocycles. The van der Waals surface area contributed by atoms with Gasteiger partial charge in [0.05, 0.1) is 20.3 Å². The minimum absolute atomic E-state index is 0.295. The van der Waals surface area contributed by atoms with Crippen molar-refractivity contribution < 1.29 is 19.0 Å². The molecule has 0 amide bonds. The molecule has 0 fully saturated rings. The first-order valence-corrected chi connectivity index (χ1v) is 6.53. The summed E-state index contributed by atoms with van der Waals surface area (Å²) in [7, 11) is 4.77. The van der Waals surface area contributed by atoms with Crippen LogP contribution in [0.4, 0.5) is 0 Å². The molecule has 0 saturated carbocycles. The molecule has 0 radical (unpaired) electrons. The van der Waals surface area contributed by atoms with Crippen molar-refractivity contribution in [2.45, 2.75) is 25.5 Å². The van der Waals surface area contributed by atoms with Gasteiger partial charge >= 0.3 is 5.97 Å². The van der Waals surface area contributed by atoms with Gasteiger partial charge in [0.15, 0.2) is 0 Å². The van der Waals surface area contributed by atoms with Crippen LogP contribution in [0.3, 0.4) is 0 Å². The Balaban J connectivity index is 2.55. The predicted molar refractivity (Wildman–Crippen MR) is 76.7 cm³/mol. The molecule has 0 heterocycles. The number of hydrogen-bond donors (Lipinski definition) is 1.